The molecule has 0 amide bonds. The van der Waals surface area contributed by atoms with E-state index in [2.05, 4.69) is 30.4 Å². The monoisotopic (exact) mass is 180 g/mol. The summed E-state index contributed by atoms with van der Waals surface area (Å²) >= 11 is 0. The molecule has 0 bridgehead atoms. The standard InChI is InChI=1S/C11H20N2/c1-9(2)6-13-5-4-10-7-12(3)8-11(10)13/h10-11H,1,4-8H2,2-3H3. The molecule has 2 nitrogen and oxygen atoms in total. The van der Waals surface area contributed by atoms with Crippen molar-refractivity contribution in [3.63, 3.8) is 0 Å². The fraction of sp³-hybridized carbons (Fsp3) is 0.818. The van der Waals surface area contributed by atoms with Gasteiger partial charge in [-0.1, -0.05) is 12.2 Å². The predicted molar refractivity (Wildman–Crippen MR) is 55.8 cm³/mol. The summed E-state index contributed by atoms with van der Waals surface area (Å²) in [6.07, 6.45) is 1.39. The average Bonchev–Trinajstić information content (AvgIpc) is 2.51. The van der Waals surface area contributed by atoms with Crippen molar-refractivity contribution in [2.75, 3.05) is 33.2 Å². The molecule has 0 aromatic carbocycles. The molecule has 2 aliphatic heterocycles. The first kappa shape index (κ1) is 9.22. The second kappa shape index (κ2) is 3.43. The van der Waals surface area contributed by atoms with Crippen molar-refractivity contribution in [3.8, 4) is 0 Å². The largest absolute Gasteiger partial charge is 0.304 e. The normalized spacial score (nSPS) is 35.2. The SMILES string of the molecule is C=C(C)CN1CCC2CN(C)CC21. The maximum absolute atomic E-state index is 4.00. The third kappa shape index (κ3) is 1.79. The van der Waals surface area contributed by atoms with Crippen LogP contribution in [0.4, 0.5) is 0 Å². The lowest BCUT2D eigenvalue weighted by Crippen LogP contribution is -2.35. The maximum atomic E-state index is 4.00. The Kier molecular flexibility index (Phi) is 2.43. The predicted octanol–water partition coefficient (Wildman–Crippen LogP) is 1.20. The van der Waals surface area contributed by atoms with Crippen molar-refractivity contribution in [1.82, 2.24) is 9.80 Å². The van der Waals surface area contributed by atoms with Crippen molar-refractivity contribution in [2.45, 2.75) is 19.4 Å². The van der Waals surface area contributed by atoms with Gasteiger partial charge in [-0.05, 0) is 32.9 Å². The lowest BCUT2D eigenvalue weighted by Gasteiger charge is -2.23. The second-order valence-electron chi connectivity index (χ2n) is 4.76. The molecule has 0 saturated carbocycles. The Balaban J connectivity index is 1.96. The van der Waals surface area contributed by atoms with Crippen LogP contribution in [-0.4, -0.2) is 49.1 Å². The zero-order valence-electron chi connectivity index (χ0n) is 8.79. The third-order valence-electron chi connectivity index (χ3n) is 3.32. The van der Waals surface area contributed by atoms with Crippen LogP contribution >= 0.6 is 0 Å². The van der Waals surface area contributed by atoms with Gasteiger partial charge in [0.05, 0.1) is 0 Å². The van der Waals surface area contributed by atoms with Crippen molar-refractivity contribution in [3.05, 3.63) is 12.2 Å². The zero-order valence-corrected chi connectivity index (χ0v) is 8.79. The molecule has 2 aliphatic rings. The van der Waals surface area contributed by atoms with E-state index in [1.54, 1.807) is 0 Å². The van der Waals surface area contributed by atoms with Crippen LogP contribution in [0, 0.1) is 5.92 Å². The van der Waals surface area contributed by atoms with Gasteiger partial charge in [0.1, 0.15) is 0 Å². The lowest BCUT2D eigenvalue weighted by molar-refractivity contribution is 0.253. The number of likely N-dealkylation sites (tertiary alicyclic amines) is 2. The quantitative estimate of drug-likeness (QED) is 0.589. The summed E-state index contributed by atoms with van der Waals surface area (Å²) in [6.45, 7) is 11.1. The molecule has 0 aromatic rings. The molecule has 0 aliphatic carbocycles. The molecule has 2 saturated heterocycles. The minimum absolute atomic E-state index is 0.821. The minimum atomic E-state index is 0.821. The highest BCUT2D eigenvalue weighted by atomic mass is 15.3. The minimum Gasteiger partial charge on any atom is -0.304 e. The highest BCUT2D eigenvalue weighted by Gasteiger charge is 2.39. The first-order valence-corrected chi connectivity index (χ1v) is 5.24. The Morgan fingerprint density at radius 3 is 2.92 bits per heavy atom. The van der Waals surface area contributed by atoms with Gasteiger partial charge in [-0.25, -0.2) is 0 Å². The summed E-state index contributed by atoms with van der Waals surface area (Å²) in [7, 11) is 2.23. The van der Waals surface area contributed by atoms with Crippen molar-refractivity contribution in [2.24, 2.45) is 5.92 Å². The summed E-state index contributed by atoms with van der Waals surface area (Å²) in [5.74, 6) is 0.935. The number of likely N-dealkylation sites (N-methyl/N-ethyl adjacent to an activating group) is 1. The van der Waals surface area contributed by atoms with E-state index >= 15 is 0 Å². The number of rotatable bonds is 2. The van der Waals surface area contributed by atoms with Gasteiger partial charge in [-0.3, -0.25) is 4.90 Å². The van der Waals surface area contributed by atoms with Crippen molar-refractivity contribution < 1.29 is 0 Å². The first-order valence-electron chi connectivity index (χ1n) is 5.24. The van der Waals surface area contributed by atoms with Crippen LogP contribution in [0.15, 0.2) is 12.2 Å². The van der Waals surface area contributed by atoms with Crippen LogP contribution in [0.2, 0.25) is 0 Å². The lowest BCUT2D eigenvalue weighted by atomic mass is 10.1. The summed E-state index contributed by atoms with van der Waals surface area (Å²) < 4.78 is 0. The van der Waals surface area contributed by atoms with Crippen molar-refractivity contribution in [1.29, 1.82) is 0 Å². The summed E-state index contributed by atoms with van der Waals surface area (Å²) in [5.41, 5.74) is 1.30. The van der Waals surface area contributed by atoms with Crippen LogP contribution in [0.25, 0.3) is 0 Å². The molecule has 2 heteroatoms. The summed E-state index contributed by atoms with van der Waals surface area (Å²) in [6, 6.07) is 0.821. The maximum Gasteiger partial charge on any atom is 0.0267 e. The van der Waals surface area contributed by atoms with Crippen LogP contribution in [0.3, 0.4) is 0 Å². The molecule has 0 aromatic heterocycles. The Hall–Kier alpha value is -0.340. The molecular weight excluding hydrogens is 160 g/mol. The zero-order chi connectivity index (χ0) is 9.42. The molecule has 2 atom stereocenters. The molecule has 74 valence electrons. The van der Waals surface area contributed by atoms with Crippen LogP contribution in [0.1, 0.15) is 13.3 Å². The van der Waals surface area contributed by atoms with Crippen LogP contribution in [0.5, 0.6) is 0 Å². The van der Waals surface area contributed by atoms with E-state index in [0.717, 1.165) is 18.5 Å². The Morgan fingerprint density at radius 1 is 1.46 bits per heavy atom. The summed E-state index contributed by atoms with van der Waals surface area (Å²) in [4.78, 5) is 5.07. The van der Waals surface area contributed by atoms with Gasteiger partial charge in [0, 0.05) is 25.7 Å². The molecule has 0 radical (unpaired) electrons. The molecule has 2 fully saturated rings. The molecule has 2 unspecified atom stereocenters. The molecule has 2 rings (SSSR count). The fourth-order valence-corrected chi connectivity index (χ4v) is 2.80. The number of hydrogen-bond donors (Lipinski definition) is 0. The van der Waals surface area contributed by atoms with E-state index in [9.17, 15) is 0 Å². The Morgan fingerprint density at radius 2 is 2.23 bits per heavy atom. The molecule has 2 heterocycles. The topological polar surface area (TPSA) is 6.48 Å². The Bertz CT molecular complexity index is 212. The highest BCUT2D eigenvalue weighted by molar-refractivity contribution is 5.01. The van der Waals surface area contributed by atoms with E-state index < -0.39 is 0 Å². The molecule has 0 spiro atoms. The van der Waals surface area contributed by atoms with Gasteiger partial charge >= 0.3 is 0 Å². The number of hydrogen-bond acceptors (Lipinski definition) is 2. The van der Waals surface area contributed by atoms with Gasteiger partial charge in [-0.15, -0.1) is 0 Å². The second-order valence-corrected chi connectivity index (χ2v) is 4.76. The van der Waals surface area contributed by atoms with Gasteiger partial charge in [0.2, 0.25) is 0 Å². The van der Waals surface area contributed by atoms with E-state index in [4.69, 9.17) is 0 Å². The molecule has 13 heavy (non-hydrogen) atoms. The van der Waals surface area contributed by atoms with Gasteiger partial charge in [0.15, 0.2) is 0 Å². The number of fused-ring (bicyclic) bond motifs is 1. The third-order valence-corrected chi connectivity index (χ3v) is 3.32. The van der Waals surface area contributed by atoms with E-state index in [0.29, 0.717) is 0 Å². The Labute approximate surface area is 81.2 Å². The summed E-state index contributed by atoms with van der Waals surface area (Å²) in [5, 5.41) is 0. The van der Waals surface area contributed by atoms with Gasteiger partial charge in [0.25, 0.3) is 0 Å². The van der Waals surface area contributed by atoms with E-state index in [1.807, 2.05) is 0 Å². The van der Waals surface area contributed by atoms with Crippen molar-refractivity contribution >= 4 is 0 Å². The van der Waals surface area contributed by atoms with Crippen LogP contribution in [-0.2, 0) is 0 Å². The number of nitrogens with zero attached hydrogens (tertiary/aromatic N) is 2. The smallest absolute Gasteiger partial charge is 0.0267 e. The van der Waals surface area contributed by atoms with Gasteiger partial charge < -0.3 is 4.90 Å². The van der Waals surface area contributed by atoms with E-state index in [1.165, 1.54) is 31.6 Å². The highest BCUT2D eigenvalue weighted by Crippen LogP contribution is 2.30. The molecule has 0 N–H and O–H groups in total. The average molecular weight is 180 g/mol. The van der Waals surface area contributed by atoms with Gasteiger partial charge in [-0.2, -0.15) is 0 Å². The van der Waals surface area contributed by atoms with E-state index in [-0.39, 0.29) is 0 Å². The molecular formula is C11H20N2. The fourth-order valence-electron chi connectivity index (χ4n) is 2.80. The van der Waals surface area contributed by atoms with Crippen LogP contribution < -0.4 is 0 Å². The first-order chi connectivity index (χ1) is 6.16.